The standard InChI is InChI=1S/C11H15ClN4O2/c1-16(2)8-5-6(10(17)15-11(13)14)4-7(12)9(8)18-3/h4-5H,1-3H3,(H4,13,14,15,17). The quantitative estimate of drug-likeness (QED) is 0.627. The van der Waals surface area contributed by atoms with Crippen LogP contribution in [0.1, 0.15) is 10.4 Å². The zero-order valence-electron chi connectivity index (χ0n) is 10.4. The van der Waals surface area contributed by atoms with Crippen LogP contribution in [0.3, 0.4) is 0 Å². The minimum absolute atomic E-state index is 0.290. The fourth-order valence-electron chi connectivity index (χ4n) is 1.42. The van der Waals surface area contributed by atoms with Gasteiger partial charge in [0.1, 0.15) is 0 Å². The third kappa shape index (κ3) is 3.04. The van der Waals surface area contributed by atoms with Gasteiger partial charge in [0.25, 0.3) is 5.91 Å². The summed E-state index contributed by atoms with van der Waals surface area (Å²) in [6, 6.07) is 3.07. The summed E-state index contributed by atoms with van der Waals surface area (Å²) in [4.78, 5) is 17.0. The lowest BCUT2D eigenvalue weighted by Gasteiger charge is -2.18. The molecule has 0 unspecified atom stereocenters. The van der Waals surface area contributed by atoms with E-state index in [9.17, 15) is 4.79 Å². The molecule has 1 rings (SSSR count). The lowest BCUT2D eigenvalue weighted by atomic mass is 10.1. The normalized spacial score (nSPS) is 9.78. The minimum atomic E-state index is -0.553. The van der Waals surface area contributed by atoms with Crippen molar-refractivity contribution >= 4 is 29.2 Å². The van der Waals surface area contributed by atoms with E-state index in [0.717, 1.165) is 0 Å². The number of ether oxygens (including phenoxy) is 1. The van der Waals surface area contributed by atoms with Gasteiger partial charge >= 0.3 is 0 Å². The number of anilines is 1. The second kappa shape index (κ2) is 5.59. The number of carbonyl (C=O) groups is 1. The molecule has 1 amide bonds. The molecule has 0 atom stereocenters. The summed E-state index contributed by atoms with van der Waals surface area (Å²) in [5.74, 6) is -0.357. The zero-order valence-corrected chi connectivity index (χ0v) is 11.2. The van der Waals surface area contributed by atoms with Gasteiger partial charge in [0.15, 0.2) is 11.7 Å². The fourth-order valence-corrected chi connectivity index (χ4v) is 1.71. The third-order valence-corrected chi connectivity index (χ3v) is 2.47. The molecule has 98 valence electrons. The van der Waals surface area contributed by atoms with Crippen LogP contribution in [0.25, 0.3) is 0 Å². The van der Waals surface area contributed by atoms with Crippen molar-refractivity contribution in [3.05, 3.63) is 22.7 Å². The molecule has 18 heavy (non-hydrogen) atoms. The monoisotopic (exact) mass is 270 g/mol. The number of methoxy groups -OCH3 is 1. The summed E-state index contributed by atoms with van der Waals surface area (Å²) in [5, 5.41) is 0.317. The van der Waals surface area contributed by atoms with Gasteiger partial charge in [-0.2, -0.15) is 4.99 Å². The molecule has 0 aliphatic heterocycles. The number of halogens is 1. The maximum Gasteiger partial charge on any atom is 0.280 e. The predicted octanol–water partition coefficient (Wildman–Crippen LogP) is 0.828. The van der Waals surface area contributed by atoms with Crippen molar-refractivity contribution in [3.63, 3.8) is 0 Å². The van der Waals surface area contributed by atoms with E-state index in [-0.39, 0.29) is 11.5 Å². The first-order valence-electron chi connectivity index (χ1n) is 5.05. The van der Waals surface area contributed by atoms with Crippen LogP contribution >= 0.6 is 11.6 Å². The van der Waals surface area contributed by atoms with Crippen LogP contribution < -0.4 is 21.1 Å². The first-order valence-corrected chi connectivity index (χ1v) is 5.43. The van der Waals surface area contributed by atoms with Gasteiger partial charge in [-0.3, -0.25) is 4.79 Å². The number of nitrogens with two attached hydrogens (primary N) is 2. The fraction of sp³-hybridized carbons (Fsp3) is 0.273. The summed E-state index contributed by atoms with van der Waals surface area (Å²) < 4.78 is 5.18. The highest BCUT2D eigenvalue weighted by atomic mass is 35.5. The van der Waals surface area contributed by atoms with Gasteiger partial charge in [0, 0.05) is 19.7 Å². The van der Waals surface area contributed by atoms with Crippen LogP contribution in [-0.4, -0.2) is 33.1 Å². The molecule has 1 aromatic carbocycles. The maximum absolute atomic E-state index is 11.7. The molecule has 4 N–H and O–H groups in total. The topological polar surface area (TPSA) is 93.9 Å². The number of hydrogen-bond donors (Lipinski definition) is 2. The number of nitrogens with zero attached hydrogens (tertiary/aromatic N) is 2. The molecule has 0 heterocycles. The number of guanidine groups is 1. The van der Waals surface area contributed by atoms with E-state index in [1.807, 2.05) is 14.1 Å². The van der Waals surface area contributed by atoms with Crippen molar-refractivity contribution in [2.45, 2.75) is 0 Å². The van der Waals surface area contributed by atoms with Gasteiger partial charge in [-0.1, -0.05) is 11.6 Å². The number of benzene rings is 1. The molecule has 0 bridgehead atoms. The van der Waals surface area contributed by atoms with E-state index >= 15 is 0 Å². The molecule has 0 fully saturated rings. The average molecular weight is 271 g/mol. The Bertz CT molecular complexity index is 496. The van der Waals surface area contributed by atoms with E-state index in [1.54, 1.807) is 11.0 Å². The van der Waals surface area contributed by atoms with Gasteiger partial charge < -0.3 is 21.1 Å². The molecule has 7 heteroatoms. The lowest BCUT2D eigenvalue weighted by Crippen LogP contribution is -2.24. The van der Waals surface area contributed by atoms with Crippen LogP contribution in [0, 0.1) is 0 Å². The van der Waals surface area contributed by atoms with Crippen molar-refractivity contribution in [2.24, 2.45) is 16.5 Å². The Balaban J connectivity index is 3.33. The van der Waals surface area contributed by atoms with Gasteiger partial charge in [-0.15, -0.1) is 0 Å². The van der Waals surface area contributed by atoms with Crippen LogP contribution in [0.5, 0.6) is 5.75 Å². The average Bonchev–Trinajstić information content (AvgIpc) is 2.26. The van der Waals surface area contributed by atoms with Crippen LogP contribution in [0.2, 0.25) is 5.02 Å². The first-order chi connectivity index (χ1) is 8.36. The van der Waals surface area contributed by atoms with Crippen LogP contribution in [-0.2, 0) is 0 Å². The molecule has 6 nitrogen and oxygen atoms in total. The van der Waals surface area contributed by atoms with Crippen LogP contribution in [0.4, 0.5) is 5.69 Å². The second-order valence-corrected chi connectivity index (χ2v) is 4.15. The Labute approximate surface area is 110 Å². The van der Waals surface area contributed by atoms with E-state index in [2.05, 4.69) is 4.99 Å². The molecular formula is C11H15ClN4O2. The number of hydrogen-bond acceptors (Lipinski definition) is 3. The van der Waals surface area contributed by atoms with Crippen molar-refractivity contribution < 1.29 is 9.53 Å². The smallest absolute Gasteiger partial charge is 0.280 e. The van der Waals surface area contributed by atoms with Crippen molar-refractivity contribution in [1.29, 1.82) is 0 Å². The minimum Gasteiger partial charge on any atom is -0.493 e. The number of carbonyl (C=O) groups excluding carboxylic acids is 1. The van der Waals surface area contributed by atoms with E-state index < -0.39 is 5.91 Å². The van der Waals surface area contributed by atoms with E-state index in [4.69, 9.17) is 27.8 Å². The lowest BCUT2D eigenvalue weighted by molar-refractivity contribution is 0.100. The summed E-state index contributed by atoms with van der Waals surface area (Å²) in [7, 11) is 5.12. The maximum atomic E-state index is 11.7. The Morgan fingerprint density at radius 1 is 1.39 bits per heavy atom. The van der Waals surface area contributed by atoms with Gasteiger partial charge in [-0.05, 0) is 12.1 Å². The Morgan fingerprint density at radius 2 is 2.00 bits per heavy atom. The Morgan fingerprint density at radius 3 is 2.44 bits per heavy atom. The summed E-state index contributed by atoms with van der Waals surface area (Å²) >= 11 is 6.04. The Kier molecular flexibility index (Phi) is 4.38. The molecule has 0 radical (unpaired) electrons. The van der Waals surface area contributed by atoms with E-state index in [1.165, 1.54) is 13.2 Å². The van der Waals surface area contributed by atoms with Crippen molar-refractivity contribution in [1.82, 2.24) is 0 Å². The van der Waals surface area contributed by atoms with Gasteiger partial charge in [0.05, 0.1) is 17.8 Å². The summed E-state index contributed by atoms with van der Waals surface area (Å²) in [5.41, 5.74) is 11.3. The SMILES string of the molecule is COc1c(Cl)cc(C(=O)N=C(N)N)cc1N(C)C. The molecule has 0 aliphatic rings. The molecule has 0 saturated carbocycles. The highest BCUT2D eigenvalue weighted by Gasteiger charge is 2.15. The third-order valence-electron chi connectivity index (χ3n) is 2.19. The Hall–Kier alpha value is -1.95. The number of aliphatic imine (C=N–C) groups is 1. The first kappa shape index (κ1) is 14.1. The molecule has 1 aromatic rings. The molecule has 0 aromatic heterocycles. The molecule has 0 saturated heterocycles. The highest BCUT2D eigenvalue weighted by molar-refractivity contribution is 6.33. The number of amides is 1. The predicted molar refractivity (Wildman–Crippen MR) is 72.5 cm³/mol. The van der Waals surface area contributed by atoms with E-state index in [0.29, 0.717) is 16.5 Å². The molecule has 0 spiro atoms. The highest BCUT2D eigenvalue weighted by Crippen LogP contribution is 2.36. The largest absolute Gasteiger partial charge is 0.493 e. The summed E-state index contributed by atoms with van der Waals surface area (Å²) in [6.45, 7) is 0. The van der Waals surface area contributed by atoms with Gasteiger partial charge in [-0.25, -0.2) is 0 Å². The summed E-state index contributed by atoms with van der Waals surface area (Å²) in [6.07, 6.45) is 0. The molecular weight excluding hydrogens is 256 g/mol. The van der Waals surface area contributed by atoms with Crippen molar-refractivity contribution in [3.8, 4) is 5.75 Å². The number of rotatable bonds is 3. The van der Waals surface area contributed by atoms with Crippen molar-refractivity contribution in [2.75, 3.05) is 26.1 Å². The van der Waals surface area contributed by atoms with Crippen LogP contribution in [0.15, 0.2) is 17.1 Å². The van der Waals surface area contributed by atoms with Gasteiger partial charge in [0.2, 0.25) is 0 Å². The second-order valence-electron chi connectivity index (χ2n) is 3.75. The zero-order chi connectivity index (χ0) is 13.9. The molecule has 0 aliphatic carbocycles.